The third-order valence-corrected chi connectivity index (χ3v) is 6.81. The summed E-state index contributed by atoms with van der Waals surface area (Å²) in [5, 5.41) is 11.4. The third kappa shape index (κ3) is 4.60. The van der Waals surface area contributed by atoms with E-state index in [1.165, 1.54) is 25.3 Å². The first-order valence-electron chi connectivity index (χ1n) is 9.50. The van der Waals surface area contributed by atoms with Crippen LogP contribution in [-0.4, -0.2) is 44.4 Å². The fourth-order valence-electron chi connectivity index (χ4n) is 3.90. The maximum Gasteiger partial charge on any atom is 0.341 e. The number of anilines is 1. The van der Waals surface area contributed by atoms with Crippen molar-refractivity contribution in [2.24, 2.45) is 0 Å². The van der Waals surface area contributed by atoms with Crippen molar-refractivity contribution in [2.45, 2.75) is 67.8 Å². The third-order valence-electron chi connectivity index (χ3n) is 5.43. The molecule has 3 rings (SSSR count). The predicted octanol–water partition coefficient (Wildman–Crippen LogP) is 3.91. The van der Waals surface area contributed by atoms with Crippen LogP contribution in [0.15, 0.2) is 23.1 Å². The molecule has 1 saturated carbocycles. The summed E-state index contributed by atoms with van der Waals surface area (Å²) in [6.07, 6.45) is 7.59. The summed E-state index contributed by atoms with van der Waals surface area (Å²) in [5.41, 5.74) is -0.234. The lowest BCUT2D eigenvalue weighted by molar-refractivity contribution is -0.384. The van der Waals surface area contributed by atoms with Crippen LogP contribution in [0.3, 0.4) is 0 Å². The van der Waals surface area contributed by atoms with E-state index in [0.717, 1.165) is 25.0 Å². The summed E-state index contributed by atoms with van der Waals surface area (Å²) in [6, 6.07) is 2.98. The molecule has 0 spiro atoms. The Labute approximate surface area is 162 Å². The number of nitro groups is 1. The normalized spacial score (nSPS) is 19.9. The quantitative estimate of drug-likeness (QED) is 0.514. The largest absolute Gasteiger partial charge is 0.375 e. The number of hydrogen-bond donors (Lipinski definition) is 0. The topological polar surface area (TPSA) is 89.8 Å². The number of hydrogen-bond acceptors (Lipinski definition) is 6. The number of nitrogens with zero attached hydrogens (tertiary/aromatic N) is 2. The van der Waals surface area contributed by atoms with Gasteiger partial charge in [0.2, 0.25) is 9.84 Å². The van der Waals surface area contributed by atoms with Gasteiger partial charge in [0.1, 0.15) is 5.69 Å². The number of nitro benzene ring substituents is 1. The molecule has 0 radical (unpaired) electrons. The van der Waals surface area contributed by atoms with Gasteiger partial charge in [0.15, 0.2) is 0 Å². The zero-order valence-electron chi connectivity index (χ0n) is 15.4. The van der Waals surface area contributed by atoms with Gasteiger partial charge in [0.05, 0.1) is 22.0 Å². The molecule has 7 nitrogen and oxygen atoms in total. The maximum atomic E-state index is 12.7. The highest BCUT2D eigenvalue weighted by Crippen LogP contribution is 2.34. The summed E-state index contributed by atoms with van der Waals surface area (Å²) >= 11 is 0. The molecule has 0 unspecified atom stereocenters. The molecule has 1 heterocycles. The minimum Gasteiger partial charge on any atom is -0.375 e. The van der Waals surface area contributed by atoms with E-state index >= 15 is 0 Å². The van der Waals surface area contributed by atoms with E-state index in [1.54, 1.807) is 4.90 Å². The van der Waals surface area contributed by atoms with Crippen LogP contribution < -0.4 is 4.90 Å². The van der Waals surface area contributed by atoms with Crippen molar-refractivity contribution in [1.29, 1.82) is 0 Å². The molecular formula is C18H24F2N2O5S. The molecule has 0 atom stereocenters. The minimum atomic E-state index is -4.88. The van der Waals surface area contributed by atoms with Crippen molar-refractivity contribution < 1.29 is 26.9 Å². The van der Waals surface area contributed by atoms with Gasteiger partial charge in [-0.1, -0.05) is 19.3 Å². The summed E-state index contributed by atoms with van der Waals surface area (Å²) in [4.78, 5) is 11.7. The SMILES string of the molecule is O=[N+]([O-])c1cc(S(=O)(=O)C(F)F)ccc1N1CCC(OC2CCCCC2)CC1. The van der Waals surface area contributed by atoms with Crippen molar-refractivity contribution in [1.82, 2.24) is 0 Å². The fourth-order valence-corrected chi connectivity index (χ4v) is 4.64. The summed E-state index contributed by atoms with van der Waals surface area (Å²) < 4.78 is 54.9. The number of piperidine rings is 1. The van der Waals surface area contributed by atoms with Crippen LogP contribution in [0.5, 0.6) is 0 Å². The number of halogens is 2. The second kappa shape index (κ2) is 8.69. The van der Waals surface area contributed by atoms with Gasteiger partial charge >= 0.3 is 5.76 Å². The Morgan fingerprint density at radius 1 is 1.07 bits per heavy atom. The Kier molecular flexibility index (Phi) is 6.49. The van der Waals surface area contributed by atoms with Crippen molar-refractivity contribution in [3.8, 4) is 0 Å². The number of benzene rings is 1. The van der Waals surface area contributed by atoms with Gasteiger partial charge in [0.25, 0.3) is 5.69 Å². The molecule has 2 aliphatic rings. The van der Waals surface area contributed by atoms with Crippen molar-refractivity contribution in [2.75, 3.05) is 18.0 Å². The minimum absolute atomic E-state index is 0.108. The molecule has 28 heavy (non-hydrogen) atoms. The Morgan fingerprint density at radius 3 is 2.25 bits per heavy atom. The first-order chi connectivity index (χ1) is 13.3. The van der Waals surface area contributed by atoms with Gasteiger partial charge in [-0.05, 0) is 37.8 Å². The Hall–Kier alpha value is -1.81. The number of alkyl halides is 2. The Bertz CT molecular complexity index is 804. The van der Waals surface area contributed by atoms with Crippen LogP contribution in [0.25, 0.3) is 0 Å². The molecule has 0 N–H and O–H groups in total. The molecule has 2 fully saturated rings. The van der Waals surface area contributed by atoms with Crippen LogP contribution in [0.2, 0.25) is 0 Å². The van der Waals surface area contributed by atoms with Gasteiger partial charge in [0, 0.05) is 19.2 Å². The van der Waals surface area contributed by atoms with Crippen LogP contribution in [0.4, 0.5) is 20.2 Å². The fraction of sp³-hybridized carbons (Fsp3) is 0.667. The lowest BCUT2D eigenvalue weighted by Gasteiger charge is -2.35. The molecule has 1 aliphatic heterocycles. The van der Waals surface area contributed by atoms with E-state index in [-0.39, 0.29) is 11.8 Å². The summed E-state index contributed by atoms with van der Waals surface area (Å²) in [6.45, 7) is 1.05. The van der Waals surface area contributed by atoms with E-state index < -0.39 is 31.1 Å². The van der Waals surface area contributed by atoms with Crippen LogP contribution in [0, 0.1) is 10.1 Å². The second-order valence-electron chi connectivity index (χ2n) is 7.30. The summed E-state index contributed by atoms with van der Waals surface area (Å²) in [5.74, 6) is -3.62. The highest BCUT2D eigenvalue weighted by atomic mass is 32.2. The van der Waals surface area contributed by atoms with Crippen molar-refractivity contribution >= 4 is 21.2 Å². The zero-order valence-corrected chi connectivity index (χ0v) is 16.2. The molecule has 1 aromatic rings. The highest BCUT2D eigenvalue weighted by Gasteiger charge is 2.32. The summed E-state index contributed by atoms with van der Waals surface area (Å²) in [7, 11) is -4.88. The van der Waals surface area contributed by atoms with E-state index in [0.29, 0.717) is 32.0 Å². The molecule has 1 aromatic carbocycles. The van der Waals surface area contributed by atoms with Gasteiger partial charge in [-0.15, -0.1) is 0 Å². The van der Waals surface area contributed by atoms with E-state index in [1.807, 2.05) is 0 Å². The molecule has 0 bridgehead atoms. The van der Waals surface area contributed by atoms with Crippen molar-refractivity contribution in [3.05, 3.63) is 28.3 Å². The zero-order chi connectivity index (χ0) is 20.3. The first-order valence-corrected chi connectivity index (χ1v) is 11.0. The lowest BCUT2D eigenvalue weighted by Crippen LogP contribution is -2.39. The van der Waals surface area contributed by atoms with E-state index in [2.05, 4.69) is 0 Å². The van der Waals surface area contributed by atoms with Gasteiger partial charge < -0.3 is 9.64 Å². The van der Waals surface area contributed by atoms with E-state index in [9.17, 15) is 27.3 Å². The Morgan fingerprint density at radius 2 is 1.68 bits per heavy atom. The van der Waals surface area contributed by atoms with Crippen LogP contribution >= 0.6 is 0 Å². The molecular weight excluding hydrogens is 394 g/mol. The van der Waals surface area contributed by atoms with Crippen LogP contribution in [-0.2, 0) is 14.6 Å². The van der Waals surface area contributed by atoms with Crippen molar-refractivity contribution in [3.63, 3.8) is 0 Å². The molecule has 1 saturated heterocycles. The number of ether oxygens (including phenoxy) is 1. The second-order valence-corrected chi connectivity index (χ2v) is 9.21. The average molecular weight is 418 g/mol. The molecule has 0 aromatic heterocycles. The molecule has 0 amide bonds. The molecule has 10 heteroatoms. The van der Waals surface area contributed by atoms with Gasteiger partial charge in [-0.25, -0.2) is 8.42 Å². The predicted molar refractivity (Wildman–Crippen MR) is 99.5 cm³/mol. The van der Waals surface area contributed by atoms with Crippen LogP contribution in [0.1, 0.15) is 44.9 Å². The average Bonchev–Trinajstić information content (AvgIpc) is 2.68. The van der Waals surface area contributed by atoms with Gasteiger partial charge in [-0.2, -0.15) is 8.78 Å². The number of sulfone groups is 1. The molecule has 1 aliphatic carbocycles. The van der Waals surface area contributed by atoms with E-state index in [4.69, 9.17) is 4.74 Å². The lowest BCUT2D eigenvalue weighted by atomic mass is 9.97. The highest BCUT2D eigenvalue weighted by molar-refractivity contribution is 7.91. The van der Waals surface area contributed by atoms with Gasteiger partial charge in [-0.3, -0.25) is 10.1 Å². The maximum absolute atomic E-state index is 12.7. The smallest absolute Gasteiger partial charge is 0.341 e. The standard InChI is InChI=1S/C18H24F2N2O5S/c19-18(20)28(25,26)15-6-7-16(17(12-15)22(23)24)21-10-8-14(9-11-21)27-13-4-2-1-3-5-13/h6-7,12-14,18H,1-5,8-11H2. The monoisotopic (exact) mass is 418 g/mol. The first kappa shape index (κ1) is 20.9. The Balaban J connectivity index is 1.71. The number of rotatable bonds is 6. The molecule has 156 valence electrons.